The van der Waals surface area contributed by atoms with Gasteiger partial charge in [0.2, 0.25) is 0 Å². The Kier molecular flexibility index (Phi) is 5.32. The van der Waals surface area contributed by atoms with Gasteiger partial charge in [-0.15, -0.1) is 0 Å². The smallest absolute Gasteiger partial charge is 0.306 e. The van der Waals surface area contributed by atoms with E-state index in [0.717, 1.165) is 0 Å². The van der Waals surface area contributed by atoms with Crippen LogP contribution in [0.3, 0.4) is 0 Å². The van der Waals surface area contributed by atoms with Crippen molar-refractivity contribution in [3.8, 4) is 0 Å². The number of aliphatic carboxylic acids is 1. The van der Waals surface area contributed by atoms with Crippen LogP contribution in [0.15, 0.2) is 6.33 Å². The summed E-state index contributed by atoms with van der Waals surface area (Å²) < 4.78 is 5.32. The molecule has 3 atom stereocenters. The second-order valence-electron chi connectivity index (χ2n) is 5.41. The summed E-state index contributed by atoms with van der Waals surface area (Å²) in [6.45, 7) is 0. The van der Waals surface area contributed by atoms with Gasteiger partial charge in [0, 0.05) is 14.2 Å². The Morgan fingerprint density at radius 2 is 2.09 bits per heavy atom. The molecular formula is C14H20N4O5. The first-order valence-electron chi connectivity index (χ1n) is 7.29. The van der Waals surface area contributed by atoms with Crippen LogP contribution in [0.25, 0.3) is 0 Å². The highest BCUT2D eigenvalue weighted by atomic mass is 16.5. The number of aromatic amines is 1. The Bertz CT molecular complexity index is 600. The highest BCUT2D eigenvalue weighted by Gasteiger charge is 2.35. The van der Waals surface area contributed by atoms with Crippen molar-refractivity contribution in [2.45, 2.75) is 31.4 Å². The minimum absolute atomic E-state index is 0.0122. The number of hydrogen-bond acceptors (Lipinski definition) is 5. The predicted octanol–water partition coefficient (Wildman–Crippen LogP) is -0.233. The van der Waals surface area contributed by atoms with Gasteiger partial charge in [0.15, 0.2) is 5.69 Å². The molecule has 0 spiro atoms. The minimum atomic E-state index is -0.854. The Hall–Kier alpha value is -2.42. The van der Waals surface area contributed by atoms with Crippen molar-refractivity contribution < 1.29 is 24.2 Å². The molecule has 2 rings (SSSR count). The van der Waals surface area contributed by atoms with Crippen LogP contribution in [-0.4, -0.2) is 59.2 Å². The molecule has 0 saturated heterocycles. The Labute approximate surface area is 132 Å². The number of carbonyl (C=O) groups excluding carboxylic acids is 2. The largest absolute Gasteiger partial charge is 0.481 e. The molecule has 1 heterocycles. The van der Waals surface area contributed by atoms with Crippen LogP contribution < -0.4 is 10.6 Å². The van der Waals surface area contributed by atoms with Crippen LogP contribution in [0, 0.1) is 5.92 Å². The van der Waals surface area contributed by atoms with Gasteiger partial charge in [0.25, 0.3) is 11.8 Å². The number of carboxylic acids is 1. The first-order valence-corrected chi connectivity index (χ1v) is 7.29. The lowest BCUT2D eigenvalue weighted by Gasteiger charge is -2.34. The normalized spacial score (nSPS) is 24.0. The van der Waals surface area contributed by atoms with E-state index in [2.05, 4.69) is 20.6 Å². The van der Waals surface area contributed by atoms with Gasteiger partial charge in [-0.25, -0.2) is 4.98 Å². The molecular weight excluding hydrogens is 304 g/mol. The number of methoxy groups -OCH3 is 1. The van der Waals surface area contributed by atoms with E-state index >= 15 is 0 Å². The average molecular weight is 324 g/mol. The zero-order valence-corrected chi connectivity index (χ0v) is 13.0. The topological polar surface area (TPSA) is 133 Å². The van der Waals surface area contributed by atoms with Gasteiger partial charge in [-0.05, 0) is 19.3 Å². The third-order valence-electron chi connectivity index (χ3n) is 4.07. The van der Waals surface area contributed by atoms with Crippen molar-refractivity contribution in [2.75, 3.05) is 14.2 Å². The molecule has 1 fully saturated rings. The van der Waals surface area contributed by atoms with Gasteiger partial charge in [-0.3, -0.25) is 14.4 Å². The van der Waals surface area contributed by atoms with Crippen LogP contribution in [0.2, 0.25) is 0 Å². The van der Waals surface area contributed by atoms with Crippen LogP contribution in [-0.2, 0) is 9.53 Å². The summed E-state index contributed by atoms with van der Waals surface area (Å²) >= 11 is 0. The molecule has 1 saturated carbocycles. The van der Waals surface area contributed by atoms with Gasteiger partial charge in [0.1, 0.15) is 5.69 Å². The Morgan fingerprint density at radius 3 is 2.70 bits per heavy atom. The monoisotopic (exact) mass is 324 g/mol. The summed E-state index contributed by atoms with van der Waals surface area (Å²) in [4.78, 5) is 41.6. The molecule has 9 nitrogen and oxygen atoms in total. The molecule has 126 valence electrons. The second kappa shape index (κ2) is 7.23. The summed E-state index contributed by atoms with van der Waals surface area (Å²) in [6, 6.07) is -0.316. The van der Waals surface area contributed by atoms with Gasteiger partial charge in [0.05, 0.1) is 24.4 Å². The van der Waals surface area contributed by atoms with Crippen LogP contribution >= 0.6 is 0 Å². The lowest BCUT2D eigenvalue weighted by Crippen LogP contribution is -2.49. The molecule has 0 bridgehead atoms. The summed E-state index contributed by atoms with van der Waals surface area (Å²) in [6.07, 6.45) is 2.17. The molecule has 0 unspecified atom stereocenters. The van der Waals surface area contributed by atoms with Crippen molar-refractivity contribution in [3.05, 3.63) is 17.7 Å². The fourth-order valence-corrected chi connectivity index (χ4v) is 2.78. The van der Waals surface area contributed by atoms with Gasteiger partial charge in [-0.1, -0.05) is 0 Å². The number of aromatic nitrogens is 2. The number of amides is 2. The molecule has 1 aromatic rings. The van der Waals surface area contributed by atoms with Gasteiger partial charge >= 0.3 is 5.97 Å². The van der Waals surface area contributed by atoms with E-state index in [4.69, 9.17) is 9.84 Å². The minimum Gasteiger partial charge on any atom is -0.481 e. The predicted molar refractivity (Wildman–Crippen MR) is 79.0 cm³/mol. The number of carboxylic acid groups (broad SMARTS) is 1. The van der Waals surface area contributed by atoms with E-state index in [1.807, 2.05) is 0 Å². The van der Waals surface area contributed by atoms with Crippen molar-refractivity contribution in [1.82, 2.24) is 20.6 Å². The van der Waals surface area contributed by atoms with E-state index in [1.54, 1.807) is 0 Å². The van der Waals surface area contributed by atoms with Crippen molar-refractivity contribution in [2.24, 2.45) is 5.92 Å². The molecule has 0 aromatic carbocycles. The van der Waals surface area contributed by atoms with Crippen molar-refractivity contribution in [3.63, 3.8) is 0 Å². The molecule has 2 amide bonds. The van der Waals surface area contributed by atoms with Gasteiger partial charge in [-0.2, -0.15) is 0 Å². The first-order chi connectivity index (χ1) is 11.0. The Morgan fingerprint density at radius 1 is 1.35 bits per heavy atom. The molecule has 23 heavy (non-hydrogen) atoms. The third-order valence-corrected chi connectivity index (χ3v) is 4.07. The SMILES string of the molecule is CNC(=O)c1nc[nH]c1C(=O)N[C@H]1CC[C@H](C(=O)O)C[C@@H]1OC. The van der Waals surface area contributed by atoms with E-state index < -0.39 is 23.7 Å². The van der Waals surface area contributed by atoms with Gasteiger partial charge < -0.3 is 25.5 Å². The molecule has 1 aliphatic rings. The molecule has 4 N–H and O–H groups in total. The average Bonchev–Trinajstić information content (AvgIpc) is 3.03. The quantitative estimate of drug-likeness (QED) is 0.591. The number of rotatable bonds is 5. The molecule has 1 aliphatic carbocycles. The number of H-pyrrole nitrogens is 1. The van der Waals surface area contributed by atoms with Crippen molar-refractivity contribution in [1.29, 1.82) is 0 Å². The molecule has 0 aliphatic heterocycles. The fraction of sp³-hybridized carbons (Fsp3) is 0.571. The third kappa shape index (κ3) is 3.67. The fourth-order valence-electron chi connectivity index (χ4n) is 2.78. The van der Waals surface area contributed by atoms with E-state index in [0.29, 0.717) is 19.3 Å². The maximum atomic E-state index is 12.4. The van der Waals surface area contributed by atoms with Crippen molar-refractivity contribution >= 4 is 17.8 Å². The lowest BCUT2D eigenvalue weighted by molar-refractivity contribution is -0.144. The standard InChI is InChI=1S/C14H20N4O5/c1-15-12(19)10-11(17-6-16-10)13(20)18-8-4-3-7(14(21)22)5-9(8)23-2/h6-9H,3-5H2,1-2H3,(H,15,19)(H,16,17)(H,18,20)(H,21,22)/t7-,8-,9-/m0/s1. The first kappa shape index (κ1) is 16.9. The zero-order valence-electron chi connectivity index (χ0n) is 13.0. The highest BCUT2D eigenvalue weighted by Crippen LogP contribution is 2.27. The Balaban J connectivity index is 2.07. The number of hydrogen-bond donors (Lipinski definition) is 4. The molecule has 0 radical (unpaired) electrons. The maximum Gasteiger partial charge on any atom is 0.306 e. The number of nitrogens with zero attached hydrogens (tertiary/aromatic N) is 1. The summed E-state index contributed by atoms with van der Waals surface area (Å²) in [7, 11) is 2.94. The number of nitrogens with one attached hydrogen (secondary N) is 3. The summed E-state index contributed by atoms with van der Waals surface area (Å²) in [5.74, 6) is -2.26. The van der Waals surface area contributed by atoms with E-state index in [1.165, 1.54) is 20.5 Å². The number of imidazole rings is 1. The lowest BCUT2D eigenvalue weighted by atomic mass is 9.83. The number of ether oxygens (including phenoxy) is 1. The zero-order chi connectivity index (χ0) is 17.0. The molecule has 1 aromatic heterocycles. The highest BCUT2D eigenvalue weighted by molar-refractivity contribution is 6.04. The van der Waals surface area contributed by atoms with Crippen LogP contribution in [0.1, 0.15) is 40.2 Å². The molecule has 9 heteroatoms. The number of carbonyl (C=O) groups is 3. The van der Waals surface area contributed by atoms with E-state index in [9.17, 15) is 14.4 Å². The maximum absolute atomic E-state index is 12.4. The van der Waals surface area contributed by atoms with Crippen LogP contribution in [0.5, 0.6) is 0 Å². The summed E-state index contributed by atoms with van der Waals surface area (Å²) in [5, 5.41) is 14.3. The van der Waals surface area contributed by atoms with E-state index in [-0.39, 0.29) is 23.5 Å². The second-order valence-corrected chi connectivity index (χ2v) is 5.41. The van der Waals surface area contributed by atoms with Crippen LogP contribution in [0.4, 0.5) is 0 Å². The summed E-state index contributed by atoms with van der Waals surface area (Å²) in [5.41, 5.74) is 0.0812.